The molecule has 2 saturated heterocycles. The molecule has 2 rings (SSSR count). The van der Waals surface area contributed by atoms with Gasteiger partial charge < -0.3 is 15.1 Å². The van der Waals surface area contributed by atoms with Gasteiger partial charge in [-0.05, 0) is 6.42 Å². The van der Waals surface area contributed by atoms with Crippen LogP contribution in [0.25, 0.3) is 0 Å². The number of piperazine rings is 1. The van der Waals surface area contributed by atoms with E-state index in [-0.39, 0.29) is 23.6 Å². The molecule has 1 unspecified atom stereocenters. The summed E-state index contributed by atoms with van der Waals surface area (Å²) in [6.07, 6.45) is 0.634. The highest BCUT2D eigenvalue weighted by molar-refractivity contribution is 7.91. The van der Waals surface area contributed by atoms with Crippen LogP contribution in [0.4, 0.5) is 4.79 Å². The molecule has 2 amide bonds. The number of nitrogens with zero attached hydrogens (tertiary/aromatic N) is 2. The average Bonchev–Trinajstić information content (AvgIpc) is 2.65. The third kappa shape index (κ3) is 2.95. The molecule has 1 atom stereocenters. The van der Waals surface area contributed by atoms with Crippen molar-refractivity contribution in [2.45, 2.75) is 19.4 Å². The Morgan fingerprint density at radius 2 is 2.17 bits per heavy atom. The van der Waals surface area contributed by atoms with Gasteiger partial charge in [0.2, 0.25) is 0 Å². The molecule has 2 aliphatic rings. The van der Waals surface area contributed by atoms with Gasteiger partial charge in [0.15, 0.2) is 9.84 Å². The van der Waals surface area contributed by atoms with Crippen LogP contribution in [0.3, 0.4) is 0 Å². The van der Waals surface area contributed by atoms with E-state index in [1.54, 1.807) is 4.90 Å². The number of hydrogen-bond donors (Lipinski definition) is 1. The zero-order chi connectivity index (χ0) is 13.2. The van der Waals surface area contributed by atoms with E-state index in [9.17, 15) is 13.2 Å². The van der Waals surface area contributed by atoms with Gasteiger partial charge in [-0.15, -0.1) is 0 Å². The van der Waals surface area contributed by atoms with Crippen LogP contribution in [-0.2, 0) is 9.84 Å². The Morgan fingerprint density at radius 3 is 2.83 bits per heavy atom. The van der Waals surface area contributed by atoms with Gasteiger partial charge in [0.25, 0.3) is 0 Å². The lowest BCUT2D eigenvalue weighted by Crippen LogP contribution is -2.49. The van der Waals surface area contributed by atoms with Crippen LogP contribution in [-0.4, -0.2) is 74.5 Å². The molecule has 6 nitrogen and oxygen atoms in total. The van der Waals surface area contributed by atoms with Gasteiger partial charge in [0.05, 0.1) is 11.8 Å². The van der Waals surface area contributed by atoms with Crippen LogP contribution in [0.2, 0.25) is 0 Å². The highest BCUT2D eigenvalue weighted by atomic mass is 32.2. The van der Waals surface area contributed by atoms with Gasteiger partial charge in [-0.3, -0.25) is 0 Å². The predicted molar refractivity (Wildman–Crippen MR) is 69.3 cm³/mol. The number of nitrogens with one attached hydrogen (secondary N) is 1. The second-order valence-electron chi connectivity index (χ2n) is 4.93. The van der Waals surface area contributed by atoms with Crippen LogP contribution in [0.1, 0.15) is 13.3 Å². The molecule has 0 aromatic carbocycles. The summed E-state index contributed by atoms with van der Waals surface area (Å²) in [6, 6.07) is 0.202. The van der Waals surface area contributed by atoms with Gasteiger partial charge in [0, 0.05) is 38.5 Å². The van der Waals surface area contributed by atoms with Crippen LogP contribution in [0.5, 0.6) is 0 Å². The first-order chi connectivity index (χ1) is 8.53. The SMILES string of the molecule is CCCS(=O)(=O)CCN1CC2CNCCN2C1=O. The summed E-state index contributed by atoms with van der Waals surface area (Å²) in [4.78, 5) is 15.6. The Morgan fingerprint density at radius 1 is 1.39 bits per heavy atom. The van der Waals surface area contributed by atoms with Crippen molar-refractivity contribution in [3.05, 3.63) is 0 Å². The molecule has 0 aromatic rings. The normalized spacial score (nSPS) is 24.5. The van der Waals surface area contributed by atoms with Gasteiger partial charge in [-0.2, -0.15) is 0 Å². The van der Waals surface area contributed by atoms with E-state index < -0.39 is 9.84 Å². The Kier molecular flexibility index (Phi) is 4.11. The highest BCUT2D eigenvalue weighted by Gasteiger charge is 2.38. The van der Waals surface area contributed by atoms with E-state index in [4.69, 9.17) is 0 Å². The number of rotatable bonds is 5. The molecule has 104 valence electrons. The van der Waals surface area contributed by atoms with Crippen LogP contribution < -0.4 is 5.32 Å². The number of carbonyl (C=O) groups is 1. The largest absolute Gasteiger partial charge is 0.322 e. The van der Waals surface area contributed by atoms with Gasteiger partial charge >= 0.3 is 6.03 Å². The maximum absolute atomic E-state index is 12.0. The van der Waals surface area contributed by atoms with E-state index in [1.807, 2.05) is 11.8 Å². The maximum atomic E-state index is 12.0. The molecule has 2 fully saturated rings. The Hall–Kier alpha value is -0.820. The van der Waals surface area contributed by atoms with Crippen molar-refractivity contribution in [1.82, 2.24) is 15.1 Å². The molecule has 2 heterocycles. The third-order valence-electron chi connectivity index (χ3n) is 3.48. The standard InChI is InChI=1S/C11H21N3O3S/c1-2-6-18(16,17)7-5-13-9-10-8-12-3-4-14(10)11(13)15/h10,12H,2-9H2,1H3. The molecular formula is C11H21N3O3S. The molecule has 0 aromatic heterocycles. The van der Waals surface area contributed by atoms with Crippen molar-refractivity contribution in [1.29, 1.82) is 0 Å². The zero-order valence-electron chi connectivity index (χ0n) is 10.8. The third-order valence-corrected chi connectivity index (χ3v) is 5.32. The summed E-state index contributed by atoms with van der Waals surface area (Å²) < 4.78 is 23.3. The second-order valence-corrected chi connectivity index (χ2v) is 7.24. The minimum atomic E-state index is -3.00. The molecule has 18 heavy (non-hydrogen) atoms. The summed E-state index contributed by atoms with van der Waals surface area (Å²) in [5.74, 6) is 0.296. The molecule has 0 spiro atoms. The van der Waals surface area contributed by atoms with Crippen molar-refractivity contribution < 1.29 is 13.2 Å². The van der Waals surface area contributed by atoms with E-state index in [1.165, 1.54) is 0 Å². The molecule has 1 N–H and O–H groups in total. The van der Waals surface area contributed by atoms with Crippen molar-refractivity contribution >= 4 is 15.9 Å². The lowest BCUT2D eigenvalue weighted by Gasteiger charge is -2.28. The topological polar surface area (TPSA) is 69.7 Å². The summed E-state index contributed by atoms with van der Waals surface area (Å²) in [5.41, 5.74) is 0. The molecule has 7 heteroatoms. The molecular weight excluding hydrogens is 254 g/mol. The summed E-state index contributed by atoms with van der Waals surface area (Å²) in [6.45, 7) is 5.18. The van der Waals surface area contributed by atoms with Crippen molar-refractivity contribution in [3.8, 4) is 0 Å². The summed E-state index contributed by atoms with van der Waals surface area (Å²) in [7, 11) is -3.00. The van der Waals surface area contributed by atoms with Gasteiger partial charge in [-0.25, -0.2) is 13.2 Å². The Labute approximate surface area is 108 Å². The maximum Gasteiger partial charge on any atom is 0.320 e. The first-order valence-electron chi connectivity index (χ1n) is 6.50. The number of amides is 2. The first kappa shape index (κ1) is 13.6. The second kappa shape index (κ2) is 5.44. The van der Waals surface area contributed by atoms with Crippen molar-refractivity contribution in [2.24, 2.45) is 0 Å². The van der Waals surface area contributed by atoms with Crippen molar-refractivity contribution in [3.63, 3.8) is 0 Å². The molecule has 0 bridgehead atoms. The number of sulfone groups is 1. The molecule has 0 saturated carbocycles. The molecule has 0 radical (unpaired) electrons. The van der Waals surface area contributed by atoms with Crippen molar-refractivity contribution in [2.75, 3.05) is 44.2 Å². The average molecular weight is 275 g/mol. The number of urea groups is 1. The summed E-state index contributed by atoms with van der Waals surface area (Å²) >= 11 is 0. The Bertz CT molecular complexity index is 410. The van der Waals surface area contributed by atoms with E-state index in [0.717, 1.165) is 19.6 Å². The van der Waals surface area contributed by atoms with E-state index in [0.29, 0.717) is 19.5 Å². The summed E-state index contributed by atoms with van der Waals surface area (Å²) in [5, 5.41) is 3.25. The quantitative estimate of drug-likeness (QED) is 0.736. The number of hydrogen-bond acceptors (Lipinski definition) is 4. The van der Waals surface area contributed by atoms with Crippen LogP contribution in [0, 0.1) is 0 Å². The molecule has 2 aliphatic heterocycles. The first-order valence-corrected chi connectivity index (χ1v) is 8.32. The lowest BCUT2D eigenvalue weighted by atomic mass is 10.2. The van der Waals surface area contributed by atoms with E-state index >= 15 is 0 Å². The monoisotopic (exact) mass is 275 g/mol. The van der Waals surface area contributed by atoms with Gasteiger partial charge in [-0.1, -0.05) is 6.92 Å². The number of carbonyl (C=O) groups excluding carboxylic acids is 1. The minimum absolute atomic E-state index is 0.00630. The zero-order valence-corrected chi connectivity index (χ0v) is 11.6. The lowest BCUT2D eigenvalue weighted by molar-refractivity contribution is 0.180. The van der Waals surface area contributed by atoms with E-state index in [2.05, 4.69) is 5.32 Å². The fourth-order valence-electron chi connectivity index (χ4n) is 2.54. The number of fused-ring (bicyclic) bond motifs is 1. The predicted octanol–water partition coefficient (Wildman–Crippen LogP) is -0.479. The van der Waals surface area contributed by atoms with Gasteiger partial charge in [0.1, 0.15) is 0 Å². The highest BCUT2D eigenvalue weighted by Crippen LogP contribution is 2.17. The fraction of sp³-hybridized carbons (Fsp3) is 0.909. The minimum Gasteiger partial charge on any atom is -0.322 e. The van der Waals surface area contributed by atoms with Crippen LogP contribution in [0.15, 0.2) is 0 Å². The fourth-order valence-corrected chi connectivity index (χ4v) is 3.86. The Balaban J connectivity index is 1.89. The van der Waals surface area contributed by atoms with Crippen LogP contribution >= 0.6 is 0 Å². The molecule has 0 aliphatic carbocycles. The smallest absolute Gasteiger partial charge is 0.320 e.